The average Bonchev–Trinajstić information content (AvgIpc) is 2.60. The summed E-state index contributed by atoms with van der Waals surface area (Å²) in [4.78, 5) is 12.6. The number of hydrogen-bond acceptors (Lipinski definition) is 3. The van der Waals surface area contributed by atoms with Crippen LogP contribution in [0, 0.1) is 23.2 Å². The first-order valence-electron chi connectivity index (χ1n) is 9.88. The first kappa shape index (κ1) is 18.5. The molecule has 0 aromatic heterocycles. The summed E-state index contributed by atoms with van der Waals surface area (Å²) < 4.78 is 35.1. The number of halogens is 2. The molecule has 0 saturated heterocycles. The van der Waals surface area contributed by atoms with E-state index in [1.54, 1.807) is 6.07 Å². The van der Waals surface area contributed by atoms with Crippen molar-refractivity contribution >= 4 is 5.91 Å². The van der Waals surface area contributed by atoms with Gasteiger partial charge in [0.2, 0.25) is 0 Å². The van der Waals surface area contributed by atoms with Crippen molar-refractivity contribution in [2.45, 2.75) is 51.6 Å². The summed E-state index contributed by atoms with van der Waals surface area (Å²) in [6.07, 6.45) is 9.00. The van der Waals surface area contributed by atoms with E-state index in [4.69, 9.17) is 4.74 Å². The van der Waals surface area contributed by atoms with Gasteiger partial charge >= 0.3 is 6.61 Å². The fraction of sp³-hybridized carbons (Fsp3) is 0.667. The largest absolute Gasteiger partial charge is 0.493 e. The number of amides is 1. The summed E-state index contributed by atoms with van der Waals surface area (Å²) >= 11 is 0. The molecule has 1 amide bonds. The number of ether oxygens (including phenoxy) is 2. The quantitative estimate of drug-likeness (QED) is 0.751. The molecule has 0 unspecified atom stereocenters. The van der Waals surface area contributed by atoms with Gasteiger partial charge in [0.05, 0.1) is 12.7 Å². The van der Waals surface area contributed by atoms with Gasteiger partial charge in [-0.15, -0.1) is 0 Å². The van der Waals surface area contributed by atoms with Crippen molar-refractivity contribution in [2.24, 2.45) is 23.2 Å². The monoisotopic (exact) mass is 379 g/mol. The van der Waals surface area contributed by atoms with Crippen LogP contribution in [0.3, 0.4) is 0 Å². The van der Waals surface area contributed by atoms with Crippen LogP contribution in [0.4, 0.5) is 8.78 Å². The maximum Gasteiger partial charge on any atom is 0.387 e. The zero-order valence-corrected chi connectivity index (χ0v) is 15.7. The fourth-order valence-electron chi connectivity index (χ4n) is 6.20. The van der Waals surface area contributed by atoms with E-state index < -0.39 is 12.5 Å². The molecule has 4 nitrogen and oxygen atoms in total. The van der Waals surface area contributed by atoms with Gasteiger partial charge in [-0.25, -0.2) is 0 Å². The molecule has 4 aliphatic rings. The molecule has 5 rings (SSSR count). The summed E-state index contributed by atoms with van der Waals surface area (Å²) in [5, 5.41) is 2.92. The Balaban J connectivity index is 1.40. The van der Waals surface area contributed by atoms with Crippen LogP contribution in [0.25, 0.3) is 0 Å². The highest BCUT2D eigenvalue weighted by molar-refractivity contribution is 5.97. The minimum atomic E-state index is -3.01. The predicted molar refractivity (Wildman–Crippen MR) is 97.2 cm³/mol. The number of alkyl halides is 2. The summed E-state index contributed by atoms with van der Waals surface area (Å²) in [6, 6.07) is 4.59. The highest BCUT2D eigenvalue weighted by atomic mass is 19.3. The second-order valence-corrected chi connectivity index (χ2v) is 8.64. The first-order chi connectivity index (χ1) is 13.0. The highest BCUT2D eigenvalue weighted by Crippen LogP contribution is 2.61. The zero-order valence-electron chi connectivity index (χ0n) is 15.7. The lowest BCUT2D eigenvalue weighted by Gasteiger charge is -2.57. The number of carbonyl (C=O) groups excluding carboxylic acids is 1. The second-order valence-electron chi connectivity index (χ2n) is 8.64. The third kappa shape index (κ3) is 3.76. The van der Waals surface area contributed by atoms with Crippen LogP contribution in [0.1, 0.15) is 55.3 Å². The lowest BCUT2D eigenvalue weighted by Crippen LogP contribution is -2.47. The molecule has 4 bridgehead atoms. The van der Waals surface area contributed by atoms with Crippen molar-refractivity contribution in [1.29, 1.82) is 0 Å². The highest BCUT2D eigenvalue weighted by Gasteiger charge is 2.50. The van der Waals surface area contributed by atoms with Gasteiger partial charge in [-0.05, 0) is 80.2 Å². The molecule has 1 aromatic carbocycles. The first-order valence-corrected chi connectivity index (χ1v) is 9.88. The molecule has 27 heavy (non-hydrogen) atoms. The third-order valence-electron chi connectivity index (χ3n) is 6.76. The molecular formula is C21H27F2NO3. The maximum atomic E-state index is 12.7. The van der Waals surface area contributed by atoms with E-state index in [0.29, 0.717) is 12.0 Å². The molecule has 4 aliphatic carbocycles. The molecule has 148 valence electrons. The van der Waals surface area contributed by atoms with E-state index in [1.807, 2.05) is 0 Å². The minimum Gasteiger partial charge on any atom is -0.493 e. The Morgan fingerprint density at radius 1 is 1.19 bits per heavy atom. The predicted octanol–water partition coefficient (Wildman–Crippen LogP) is 4.63. The van der Waals surface area contributed by atoms with Gasteiger partial charge in [0, 0.05) is 6.54 Å². The topological polar surface area (TPSA) is 47.6 Å². The normalized spacial score (nSPS) is 31.2. The van der Waals surface area contributed by atoms with E-state index in [1.165, 1.54) is 57.8 Å². The van der Waals surface area contributed by atoms with Crippen molar-refractivity contribution < 1.29 is 23.0 Å². The molecule has 4 saturated carbocycles. The fourth-order valence-corrected chi connectivity index (χ4v) is 6.20. The number of rotatable bonds is 7. The van der Waals surface area contributed by atoms with Gasteiger partial charge in [0.15, 0.2) is 11.5 Å². The lowest BCUT2D eigenvalue weighted by molar-refractivity contribution is -0.0564. The van der Waals surface area contributed by atoms with Crippen molar-refractivity contribution in [3.8, 4) is 11.5 Å². The zero-order chi connectivity index (χ0) is 19.0. The Morgan fingerprint density at radius 3 is 2.37 bits per heavy atom. The molecular weight excluding hydrogens is 352 g/mol. The van der Waals surface area contributed by atoms with E-state index in [9.17, 15) is 13.6 Å². The van der Waals surface area contributed by atoms with Gasteiger partial charge in [0.25, 0.3) is 5.91 Å². The molecule has 0 heterocycles. The number of hydrogen-bond donors (Lipinski definition) is 1. The molecule has 0 radical (unpaired) electrons. The Morgan fingerprint density at radius 2 is 1.81 bits per heavy atom. The third-order valence-corrected chi connectivity index (χ3v) is 6.76. The Hall–Kier alpha value is -1.85. The van der Waals surface area contributed by atoms with Crippen LogP contribution in [0.5, 0.6) is 11.5 Å². The van der Waals surface area contributed by atoms with Crippen LogP contribution < -0.4 is 14.8 Å². The maximum absolute atomic E-state index is 12.7. The minimum absolute atomic E-state index is 0.0835. The van der Waals surface area contributed by atoms with E-state index in [0.717, 1.165) is 24.2 Å². The number of carbonyl (C=O) groups is 1. The summed E-state index contributed by atoms with van der Waals surface area (Å²) in [5.41, 5.74) is 0.457. The molecule has 0 spiro atoms. The van der Waals surface area contributed by atoms with Crippen LogP contribution in [0.2, 0.25) is 0 Å². The average molecular weight is 379 g/mol. The molecule has 6 heteroatoms. The van der Waals surface area contributed by atoms with Crippen molar-refractivity contribution in [1.82, 2.24) is 5.32 Å². The van der Waals surface area contributed by atoms with E-state index in [2.05, 4.69) is 10.1 Å². The van der Waals surface area contributed by atoms with Crippen molar-refractivity contribution in [2.75, 3.05) is 13.7 Å². The molecule has 1 N–H and O–H groups in total. The molecule has 0 atom stereocenters. The molecule has 0 aliphatic heterocycles. The Labute approximate surface area is 158 Å². The molecule has 4 fully saturated rings. The van der Waals surface area contributed by atoms with Gasteiger partial charge in [0.1, 0.15) is 0 Å². The summed E-state index contributed by atoms with van der Waals surface area (Å²) in [5.74, 6) is 2.14. The lowest BCUT2D eigenvalue weighted by atomic mass is 9.49. The van der Waals surface area contributed by atoms with Crippen LogP contribution >= 0.6 is 0 Å². The van der Waals surface area contributed by atoms with Crippen LogP contribution in [-0.2, 0) is 0 Å². The van der Waals surface area contributed by atoms with Crippen LogP contribution in [-0.4, -0.2) is 26.2 Å². The SMILES string of the molecule is COc1cccc(C(=O)NCCC23CC4CC(CC(C4)C2)C3)c1OC(F)F. The number of para-hydroxylation sites is 1. The van der Waals surface area contributed by atoms with Gasteiger partial charge in [-0.1, -0.05) is 6.07 Å². The van der Waals surface area contributed by atoms with E-state index >= 15 is 0 Å². The van der Waals surface area contributed by atoms with Crippen molar-refractivity contribution in [3.63, 3.8) is 0 Å². The van der Waals surface area contributed by atoms with Crippen LogP contribution in [0.15, 0.2) is 18.2 Å². The number of nitrogens with one attached hydrogen (secondary N) is 1. The Kier molecular flexibility index (Phi) is 4.99. The number of benzene rings is 1. The summed E-state index contributed by atoms with van der Waals surface area (Å²) in [6.45, 7) is -2.45. The van der Waals surface area contributed by atoms with E-state index in [-0.39, 0.29) is 17.1 Å². The smallest absolute Gasteiger partial charge is 0.387 e. The molecule has 1 aromatic rings. The standard InChI is InChI=1S/C21H27F2NO3/c1-26-17-4-2-3-16(18(17)27-20(22)23)19(25)24-6-5-21-10-13-7-14(11-21)9-15(8-13)12-21/h2-4,13-15,20H,5-12H2,1H3,(H,24,25). The second kappa shape index (κ2) is 7.28. The summed E-state index contributed by atoms with van der Waals surface area (Å²) in [7, 11) is 1.36. The Bertz CT molecular complexity index is 671. The van der Waals surface area contributed by atoms with Gasteiger partial charge in [-0.3, -0.25) is 4.79 Å². The van der Waals surface area contributed by atoms with Gasteiger partial charge in [-0.2, -0.15) is 8.78 Å². The number of methoxy groups -OCH3 is 1. The van der Waals surface area contributed by atoms with Crippen molar-refractivity contribution in [3.05, 3.63) is 23.8 Å². The van der Waals surface area contributed by atoms with Gasteiger partial charge < -0.3 is 14.8 Å².